The molecule has 1 heterocycles. The molecule has 3 nitrogen and oxygen atoms in total. The van der Waals surface area contributed by atoms with Gasteiger partial charge in [-0.05, 0) is 46.6 Å². The van der Waals surface area contributed by atoms with Gasteiger partial charge in [0.15, 0.2) is 0 Å². The van der Waals surface area contributed by atoms with Crippen molar-refractivity contribution in [3.63, 3.8) is 0 Å². The number of rotatable bonds is 3. The molecule has 1 aromatic carbocycles. The first-order chi connectivity index (χ1) is 8.58. The van der Waals surface area contributed by atoms with Crippen molar-refractivity contribution in [3.8, 4) is 11.6 Å². The Morgan fingerprint density at radius 1 is 1.33 bits per heavy atom. The summed E-state index contributed by atoms with van der Waals surface area (Å²) >= 11 is 3.09. The minimum absolute atomic E-state index is 0.376. The summed E-state index contributed by atoms with van der Waals surface area (Å²) in [4.78, 5) is 4.22. The van der Waals surface area contributed by atoms with Gasteiger partial charge >= 0.3 is 0 Å². The summed E-state index contributed by atoms with van der Waals surface area (Å²) in [6.07, 6.45) is 0. The molecule has 5 heteroatoms. The fraction of sp³-hybridized carbons (Fsp3) is 0.154. The average molecular weight is 311 g/mol. The lowest BCUT2D eigenvalue weighted by atomic mass is 10.2. The topological polar surface area (TPSA) is 48.1 Å². The molecule has 0 saturated heterocycles. The van der Waals surface area contributed by atoms with Crippen molar-refractivity contribution in [1.82, 2.24) is 4.98 Å². The normalized spacial score (nSPS) is 10.4. The summed E-state index contributed by atoms with van der Waals surface area (Å²) in [5.41, 5.74) is 7.31. The molecule has 1 aromatic heterocycles. The second-order valence-electron chi connectivity index (χ2n) is 3.84. The number of aromatic nitrogens is 1. The number of nitrogens with zero attached hydrogens (tertiary/aromatic N) is 1. The molecule has 2 aromatic rings. The van der Waals surface area contributed by atoms with Crippen molar-refractivity contribution < 1.29 is 9.13 Å². The highest BCUT2D eigenvalue weighted by Crippen LogP contribution is 2.25. The predicted molar refractivity (Wildman–Crippen MR) is 71.0 cm³/mol. The van der Waals surface area contributed by atoms with E-state index in [0.717, 1.165) is 11.3 Å². The highest BCUT2D eigenvalue weighted by atomic mass is 79.9. The van der Waals surface area contributed by atoms with Crippen LogP contribution in [0.5, 0.6) is 11.6 Å². The smallest absolute Gasteiger partial charge is 0.219 e. The van der Waals surface area contributed by atoms with Crippen molar-refractivity contribution in [2.45, 2.75) is 13.5 Å². The van der Waals surface area contributed by atoms with Gasteiger partial charge in [-0.2, -0.15) is 0 Å². The highest BCUT2D eigenvalue weighted by Gasteiger charge is 2.05. The van der Waals surface area contributed by atoms with Gasteiger partial charge in [0.25, 0.3) is 0 Å². The summed E-state index contributed by atoms with van der Waals surface area (Å²) in [6, 6.07) is 8.18. The second kappa shape index (κ2) is 5.46. The Bertz CT molecular complexity index is 575. The third kappa shape index (κ3) is 3.05. The summed E-state index contributed by atoms with van der Waals surface area (Å²) < 4.78 is 19.2. The third-order valence-electron chi connectivity index (χ3n) is 2.34. The molecule has 0 aliphatic heterocycles. The molecule has 0 atom stereocenters. The third-order valence-corrected chi connectivity index (χ3v) is 2.98. The Morgan fingerprint density at radius 2 is 2.11 bits per heavy atom. The van der Waals surface area contributed by atoms with Crippen LogP contribution in [0.3, 0.4) is 0 Å². The minimum Gasteiger partial charge on any atom is -0.439 e. The molecule has 2 rings (SSSR count). The molecular weight excluding hydrogens is 299 g/mol. The number of nitrogens with two attached hydrogens (primary N) is 1. The zero-order valence-electron chi connectivity index (χ0n) is 9.78. The van der Waals surface area contributed by atoms with E-state index in [1.54, 1.807) is 18.2 Å². The summed E-state index contributed by atoms with van der Waals surface area (Å²) in [7, 11) is 0. The van der Waals surface area contributed by atoms with E-state index in [9.17, 15) is 4.39 Å². The molecule has 2 N–H and O–H groups in total. The molecule has 18 heavy (non-hydrogen) atoms. The van der Waals surface area contributed by atoms with E-state index in [1.807, 2.05) is 13.0 Å². The van der Waals surface area contributed by atoms with Crippen LogP contribution in [0, 0.1) is 12.7 Å². The molecule has 0 aliphatic rings. The van der Waals surface area contributed by atoms with E-state index in [2.05, 4.69) is 20.9 Å². The van der Waals surface area contributed by atoms with Gasteiger partial charge in [0.2, 0.25) is 5.88 Å². The highest BCUT2D eigenvalue weighted by molar-refractivity contribution is 9.10. The van der Waals surface area contributed by atoms with Crippen molar-refractivity contribution >= 4 is 15.9 Å². The van der Waals surface area contributed by atoms with E-state index in [-0.39, 0.29) is 5.82 Å². The molecule has 0 unspecified atom stereocenters. The number of benzene rings is 1. The van der Waals surface area contributed by atoms with Gasteiger partial charge in [0.1, 0.15) is 11.6 Å². The molecule has 0 spiro atoms. The zero-order chi connectivity index (χ0) is 13.1. The van der Waals surface area contributed by atoms with Crippen LogP contribution in [0.25, 0.3) is 0 Å². The average Bonchev–Trinajstić information content (AvgIpc) is 2.33. The van der Waals surface area contributed by atoms with Crippen LogP contribution in [-0.2, 0) is 6.54 Å². The van der Waals surface area contributed by atoms with Crippen LogP contribution in [0.1, 0.15) is 11.3 Å². The number of ether oxygens (including phenoxy) is 1. The second-order valence-corrected chi connectivity index (χ2v) is 4.69. The van der Waals surface area contributed by atoms with Gasteiger partial charge in [-0.3, -0.25) is 0 Å². The fourth-order valence-electron chi connectivity index (χ4n) is 1.54. The maximum absolute atomic E-state index is 13.3. The lowest BCUT2D eigenvalue weighted by Gasteiger charge is -2.08. The SMILES string of the molecule is Cc1cc(CN)cc(Oc2ccc(Br)c(F)c2)n1. The number of halogens is 2. The summed E-state index contributed by atoms with van der Waals surface area (Å²) in [5.74, 6) is 0.438. The lowest BCUT2D eigenvalue weighted by Crippen LogP contribution is -1.99. The van der Waals surface area contributed by atoms with Gasteiger partial charge in [-0.1, -0.05) is 0 Å². The number of aryl methyl sites for hydroxylation is 1. The first kappa shape index (κ1) is 13.0. The Morgan fingerprint density at radius 3 is 2.78 bits per heavy atom. The molecule has 94 valence electrons. The van der Waals surface area contributed by atoms with Gasteiger partial charge in [-0.15, -0.1) is 0 Å². The Kier molecular flexibility index (Phi) is 3.93. The maximum Gasteiger partial charge on any atom is 0.219 e. The van der Waals surface area contributed by atoms with Crippen LogP contribution in [0.15, 0.2) is 34.8 Å². The van der Waals surface area contributed by atoms with Gasteiger partial charge in [0, 0.05) is 24.4 Å². The minimum atomic E-state index is -0.376. The molecule has 0 radical (unpaired) electrons. The van der Waals surface area contributed by atoms with Crippen LogP contribution in [-0.4, -0.2) is 4.98 Å². The summed E-state index contributed by atoms with van der Waals surface area (Å²) in [5, 5.41) is 0. The monoisotopic (exact) mass is 310 g/mol. The van der Waals surface area contributed by atoms with Gasteiger partial charge in [-0.25, -0.2) is 9.37 Å². The van der Waals surface area contributed by atoms with E-state index in [0.29, 0.717) is 22.6 Å². The number of pyridine rings is 1. The van der Waals surface area contributed by atoms with E-state index < -0.39 is 0 Å². The zero-order valence-corrected chi connectivity index (χ0v) is 11.4. The first-order valence-corrected chi connectivity index (χ1v) is 6.18. The van der Waals surface area contributed by atoms with Crippen molar-refractivity contribution in [2.75, 3.05) is 0 Å². The quantitative estimate of drug-likeness (QED) is 0.943. The van der Waals surface area contributed by atoms with Gasteiger partial charge in [0.05, 0.1) is 4.47 Å². The van der Waals surface area contributed by atoms with E-state index in [1.165, 1.54) is 6.07 Å². The van der Waals surface area contributed by atoms with Crippen LogP contribution >= 0.6 is 15.9 Å². The maximum atomic E-state index is 13.3. The summed E-state index contributed by atoms with van der Waals surface area (Å²) in [6.45, 7) is 2.27. The Labute approximate surface area is 113 Å². The van der Waals surface area contributed by atoms with Crippen LogP contribution < -0.4 is 10.5 Å². The van der Waals surface area contributed by atoms with Crippen molar-refractivity contribution in [3.05, 3.63) is 51.9 Å². The van der Waals surface area contributed by atoms with Crippen LogP contribution in [0.2, 0.25) is 0 Å². The number of hydrogen-bond donors (Lipinski definition) is 1. The van der Waals surface area contributed by atoms with E-state index in [4.69, 9.17) is 10.5 Å². The standard InChI is InChI=1S/C13H12BrFN2O/c1-8-4-9(7-16)5-13(17-8)18-10-2-3-11(14)12(15)6-10/h2-6H,7,16H2,1H3. The molecule has 0 amide bonds. The number of hydrogen-bond acceptors (Lipinski definition) is 3. The van der Waals surface area contributed by atoms with Crippen LogP contribution in [0.4, 0.5) is 4.39 Å². The largest absolute Gasteiger partial charge is 0.439 e. The fourth-order valence-corrected chi connectivity index (χ4v) is 1.78. The molecular formula is C13H12BrFN2O. The lowest BCUT2D eigenvalue weighted by molar-refractivity contribution is 0.455. The first-order valence-electron chi connectivity index (χ1n) is 5.39. The van der Waals surface area contributed by atoms with Crippen molar-refractivity contribution in [1.29, 1.82) is 0 Å². The predicted octanol–water partition coefficient (Wildman–Crippen LogP) is 3.54. The molecule has 0 aliphatic carbocycles. The molecule has 0 fully saturated rings. The van der Waals surface area contributed by atoms with Gasteiger partial charge < -0.3 is 10.5 Å². The Balaban J connectivity index is 2.27. The Hall–Kier alpha value is -1.46. The molecule has 0 bridgehead atoms. The van der Waals surface area contributed by atoms with E-state index >= 15 is 0 Å². The molecule has 0 saturated carbocycles. The van der Waals surface area contributed by atoms with Crippen molar-refractivity contribution in [2.24, 2.45) is 5.73 Å².